The maximum absolute atomic E-state index is 11.2. The molecule has 3 nitrogen and oxygen atoms in total. The fraction of sp³-hybridized carbons (Fsp3) is 1.00. The van der Waals surface area contributed by atoms with Crippen molar-refractivity contribution in [2.75, 3.05) is 31.8 Å². The van der Waals surface area contributed by atoms with E-state index in [0.717, 1.165) is 30.8 Å². The van der Waals surface area contributed by atoms with Crippen molar-refractivity contribution in [2.45, 2.75) is 19.3 Å². The van der Waals surface area contributed by atoms with Crippen molar-refractivity contribution in [3.8, 4) is 0 Å². The lowest BCUT2D eigenvalue weighted by Gasteiger charge is -2.00. The van der Waals surface area contributed by atoms with E-state index < -0.39 is 10.8 Å². The molecule has 0 radical (unpaired) electrons. The molecular weight excluding hydrogens is 174 g/mol. The predicted octanol–water partition coefficient (Wildman–Crippen LogP) is 0.511. The molecule has 2 N–H and O–H groups in total. The van der Waals surface area contributed by atoms with Crippen LogP contribution in [0.15, 0.2) is 0 Å². The number of methoxy groups -OCH3 is 1. The number of ether oxygens (including phenoxy) is 1. The standard InChI is InChI=1S/C8H19NO2S/c1-11-6-4-8-12(10)7-3-2-5-9/h2-9H2,1H3. The van der Waals surface area contributed by atoms with E-state index in [4.69, 9.17) is 10.5 Å². The van der Waals surface area contributed by atoms with Gasteiger partial charge < -0.3 is 10.5 Å². The average Bonchev–Trinajstić information content (AvgIpc) is 2.06. The van der Waals surface area contributed by atoms with Gasteiger partial charge in [-0.15, -0.1) is 0 Å². The van der Waals surface area contributed by atoms with Gasteiger partial charge in [-0.2, -0.15) is 0 Å². The van der Waals surface area contributed by atoms with Gasteiger partial charge >= 0.3 is 0 Å². The van der Waals surface area contributed by atoms with Crippen LogP contribution in [0, 0.1) is 0 Å². The molecule has 0 fully saturated rings. The largest absolute Gasteiger partial charge is 0.385 e. The molecule has 74 valence electrons. The Morgan fingerprint density at radius 3 is 2.50 bits per heavy atom. The lowest BCUT2D eigenvalue weighted by molar-refractivity contribution is 0.200. The van der Waals surface area contributed by atoms with E-state index in [2.05, 4.69) is 0 Å². The maximum atomic E-state index is 11.2. The van der Waals surface area contributed by atoms with Crippen LogP contribution in [0.2, 0.25) is 0 Å². The van der Waals surface area contributed by atoms with Crippen LogP contribution in [0.1, 0.15) is 19.3 Å². The Hall–Kier alpha value is 0.0700. The molecule has 0 heterocycles. The molecule has 12 heavy (non-hydrogen) atoms. The molecule has 0 spiro atoms. The van der Waals surface area contributed by atoms with Gasteiger partial charge in [-0.3, -0.25) is 4.21 Å². The van der Waals surface area contributed by atoms with Crippen molar-refractivity contribution in [1.82, 2.24) is 0 Å². The monoisotopic (exact) mass is 193 g/mol. The fourth-order valence-electron chi connectivity index (χ4n) is 0.874. The van der Waals surface area contributed by atoms with E-state index in [1.54, 1.807) is 7.11 Å². The van der Waals surface area contributed by atoms with E-state index in [1.165, 1.54) is 0 Å². The van der Waals surface area contributed by atoms with Crippen LogP contribution in [0.25, 0.3) is 0 Å². The molecule has 0 aliphatic heterocycles. The minimum Gasteiger partial charge on any atom is -0.385 e. The molecule has 4 heteroatoms. The van der Waals surface area contributed by atoms with Gasteiger partial charge in [0.05, 0.1) is 0 Å². The molecule has 0 saturated carbocycles. The van der Waals surface area contributed by atoms with Crippen LogP contribution in [-0.4, -0.2) is 36.0 Å². The lowest BCUT2D eigenvalue weighted by atomic mass is 10.3. The van der Waals surface area contributed by atoms with Gasteiger partial charge in [-0.25, -0.2) is 0 Å². The lowest BCUT2D eigenvalue weighted by Crippen LogP contribution is -2.07. The zero-order valence-electron chi connectivity index (χ0n) is 7.75. The van der Waals surface area contributed by atoms with Gasteiger partial charge in [0.2, 0.25) is 0 Å². The highest BCUT2D eigenvalue weighted by Gasteiger charge is 1.98. The van der Waals surface area contributed by atoms with Crippen LogP contribution in [0.4, 0.5) is 0 Å². The first kappa shape index (κ1) is 12.1. The summed E-state index contributed by atoms with van der Waals surface area (Å²) >= 11 is 0. The van der Waals surface area contributed by atoms with Gasteiger partial charge in [-0.1, -0.05) is 0 Å². The number of unbranched alkanes of at least 4 members (excludes halogenated alkanes) is 1. The second kappa shape index (κ2) is 9.16. The van der Waals surface area contributed by atoms with E-state index in [9.17, 15) is 4.21 Å². The zero-order valence-corrected chi connectivity index (χ0v) is 8.57. The molecule has 0 amide bonds. The number of hydrogen-bond acceptors (Lipinski definition) is 3. The third kappa shape index (κ3) is 8.17. The first-order valence-corrected chi connectivity index (χ1v) is 5.84. The molecule has 0 aromatic rings. The first-order chi connectivity index (χ1) is 5.81. The summed E-state index contributed by atoms with van der Waals surface area (Å²) in [5.74, 6) is 1.55. The van der Waals surface area contributed by atoms with Crippen molar-refractivity contribution < 1.29 is 8.95 Å². The summed E-state index contributed by atoms with van der Waals surface area (Å²) < 4.78 is 16.1. The van der Waals surface area contributed by atoms with E-state index >= 15 is 0 Å². The van der Waals surface area contributed by atoms with Crippen molar-refractivity contribution in [3.63, 3.8) is 0 Å². The average molecular weight is 193 g/mol. The van der Waals surface area contributed by atoms with Gasteiger partial charge in [0.15, 0.2) is 0 Å². The topological polar surface area (TPSA) is 52.3 Å². The summed E-state index contributed by atoms with van der Waals surface area (Å²) in [5, 5.41) is 0. The summed E-state index contributed by atoms with van der Waals surface area (Å²) in [6.45, 7) is 1.41. The van der Waals surface area contributed by atoms with Crippen LogP contribution in [0.3, 0.4) is 0 Å². The Morgan fingerprint density at radius 2 is 1.92 bits per heavy atom. The number of hydrogen-bond donors (Lipinski definition) is 1. The third-order valence-electron chi connectivity index (χ3n) is 1.55. The minimum absolute atomic E-state index is 0.659. The number of nitrogens with two attached hydrogens (primary N) is 1. The first-order valence-electron chi connectivity index (χ1n) is 4.35. The Bertz CT molecular complexity index is 108. The van der Waals surface area contributed by atoms with Crippen molar-refractivity contribution in [1.29, 1.82) is 0 Å². The highest BCUT2D eigenvalue weighted by Crippen LogP contribution is 1.94. The minimum atomic E-state index is -0.659. The molecule has 1 unspecified atom stereocenters. The van der Waals surface area contributed by atoms with Crippen LogP contribution < -0.4 is 5.73 Å². The zero-order chi connectivity index (χ0) is 9.23. The Morgan fingerprint density at radius 1 is 1.25 bits per heavy atom. The molecule has 0 aliphatic rings. The quantitative estimate of drug-likeness (QED) is 0.571. The highest BCUT2D eigenvalue weighted by atomic mass is 32.2. The molecule has 0 saturated heterocycles. The van der Waals surface area contributed by atoms with Gasteiger partial charge in [-0.05, 0) is 25.8 Å². The van der Waals surface area contributed by atoms with Crippen molar-refractivity contribution in [2.24, 2.45) is 5.73 Å². The van der Waals surface area contributed by atoms with Gasteiger partial charge in [0.1, 0.15) is 0 Å². The maximum Gasteiger partial charge on any atom is 0.0471 e. The van der Waals surface area contributed by atoms with E-state index in [0.29, 0.717) is 13.2 Å². The van der Waals surface area contributed by atoms with E-state index in [1.807, 2.05) is 0 Å². The molecule has 0 rings (SSSR count). The molecule has 0 aromatic carbocycles. The molecular formula is C8H19NO2S. The number of rotatable bonds is 8. The second-order valence-corrected chi connectivity index (χ2v) is 4.39. The van der Waals surface area contributed by atoms with Crippen molar-refractivity contribution in [3.05, 3.63) is 0 Å². The molecule has 0 aliphatic carbocycles. The van der Waals surface area contributed by atoms with Crippen LogP contribution in [0.5, 0.6) is 0 Å². The summed E-state index contributed by atoms with van der Waals surface area (Å²) in [6.07, 6.45) is 2.86. The predicted molar refractivity (Wildman–Crippen MR) is 52.7 cm³/mol. The van der Waals surface area contributed by atoms with Gasteiger partial charge in [0, 0.05) is 36.0 Å². The van der Waals surface area contributed by atoms with Crippen molar-refractivity contribution >= 4 is 10.8 Å². The smallest absolute Gasteiger partial charge is 0.0471 e. The summed E-state index contributed by atoms with van der Waals surface area (Å²) in [4.78, 5) is 0. The Labute approximate surface area is 77.1 Å². The summed E-state index contributed by atoms with van der Waals surface area (Å²) in [6, 6.07) is 0. The Kier molecular flexibility index (Phi) is 9.21. The molecule has 1 atom stereocenters. The second-order valence-electron chi connectivity index (χ2n) is 2.69. The van der Waals surface area contributed by atoms with E-state index in [-0.39, 0.29) is 0 Å². The Balaban J connectivity index is 3.10. The molecule has 0 bridgehead atoms. The SMILES string of the molecule is COCCCS(=O)CCCCN. The highest BCUT2D eigenvalue weighted by molar-refractivity contribution is 7.84. The third-order valence-corrected chi connectivity index (χ3v) is 3.03. The molecule has 0 aromatic heterocycles. The van der Waals surface area contributed by atoms with Crippen LogP contribution >= 0.6 is 0 Å². The fourth-order valence-corrected chi connectivity index (χ4v) is 2.04. The summed E-state index contributed by atoms with van der Waals surface area (Å²) in [5.41, 5.74) is 5.32. The van der Waals surface area contributed by atoms with Crippen LogP contribution in [-0.2, 0) is 15.5 Å². The summed E-state index contributed by atoms with van der Waals surface area (Å²) in [7, 11) is 1.01. The van der Waals surface area contributed by atoms with Gasteiger partial charge in [0.25, 0.3) is 0 Å². The normalized spacial score (nSPS) is 13.2.